The van der Waals surface area contributed by atoms with E-state index >= 15 is 0 Å². The van der Waals surface area contributed by atoms with E-state index in [1.54, 1.807) is 6.92 Å². The van der Waals surface area contributed by atoms with E-state index in [9.17, 15) is 9.59 Å². The van der Waals surface area contributed by atoms with Gasteiger partial charge in [-0.2, -0.15) is 0 Å². The Hall–Kier alpha value is -1.36. The van der Waals surface area contributed by atoms with Gasteiger partial charge < -0.3 is 9.16 Å². The molecule has 140 valence electrons. The minimum Gasteiger partial charge on any atom is -0.547 e. The number of methoxy groups -OCH3 is 1. The lowest BCUT2D eigenvalue weighted by Gasteiger charge is -2.43. The fourth-order valence-corrected chi connectivity index (χ4v) is 7.10. The molecule has 0 aliphatic heterocycles. The maximum Gasteiger partial charge on any atom is 0.250 e. The van der Waals surface area contributed by atoms with Crippen molar-refractivity contribution >= 4 is 19.9 Å². The van der Waals surface area contributed by atoms with Gasteiger partial charge in [-0.1, -0.05) is 34.6 Å². The highest BCUT2D eigenvalue weighted by Crippen LogP contribution is 2.46. The predicted molar refractivity (Wildman–Crippen MR) is 101 cm³/mol. The molecule has 0 aromatic heterocycles. The molecule has 5 heteroatoms. The molecular formula is C20H32O4Si. The molecule has 0 N–H and O–H groups in total. The molecular weight excluding hydrogens is 332 g/mol. The van der Waals surface area contributed by atoms with Crippen LogP contribution in [0.2, 0.25) is 18.1 Å². The molecule has 0 amide bonds. The molecule has 0 radical (unpaired) electrons. The van der Waals surface area contributed by atoms with Crippen LogP contribution in [-0.2, 0) is 18.8 Å². The summed E-state index contributed by atoms with van der Waals surface area (Å²) < 4.78 is 11.9. The van der Waals surface area contributed by atoms with Gasteiger partial charge in [0.1, 0.15) is 0 Å². The average molecular weight is 365 g/mol. The summed E-state index contributed by atoms with van der Waals surface area (Å²) in [6.45, 7) is 12.4. The highest BCUT2D eigenvalue weighted by atomic mass is 28.4. The van der Waals surface area contributed by atoms with Crippen molar-refractivity contribution in [1.82, 2.24) is 0 Å². The number of rotatable bonds is 6. The van der Waals surface area contributed by atoms with Crippen LogP contribution in [0.15, 0.2) is 23.2 Å². The Morgan fingerprint density at radius 2 is 1.56 bits per heavy atom. The number of hydrogen-bond acceptors (Lipinski definition) is 4. The average Bonchev–Trinajstić information content (AvgIpc) is 2.60. The van der Waals surface area contributed by atoms with E-state index in [4.69, 9.17) is 9.16 Å². The second-order valence-electron chi connectivity index (χ2n) is 7.50. The molecule has 4 nitrogen and oxygen atoms in total. The molecule has 4 atom stereocenters. The van der Waals surface area contributed by atoms with Crippen molar-refractivity contribution in [3.63, 3.8) is 0 Å². The number of fused-ring (bicyclic) bond motifs is 1. The van der Waals surface area contributed by atoms with Gasteiger partial charge in [-0.15, -0.1) is 0 Å². The summed E-state index contributed by atoms with van der Waals surface area (Å²) in [5.41, 5.74) is 0.457. The Bertz CT molecular complexity index is 607. The fraction of sp³-hybridized carbons (Fsp3) is 0.700. The SMILES string of the molecule is CC[Si](CC)(CC)OC1=C[C@H](C)[C@@H]2C(=O)C(OC)=C(C)C(=O)[C@@H]2[C@@H]1C. The van der Waals surface area contributed by atoms with Gasteiger partial charge in [0, 0.05) is 23.3 Å². The minimum atomic E-state index is -1.81. The zero-order valence-electron chi connectivity index (χ0n) is 16.6. The lowest BCUT2D eigenvalue weighted by molar-refractivity contribution is -0.136. The standard InChI is InChI=1S/C20H32O4Si/c1-8-25(9-2,10-3)24-15-11-12(4)16-17(13(15)5)18(21)14(6)20(23-7)19(16)22/h11-13,16-17H,8-10H2,1-7H3/t12-,13+,16-,17+/m0/s1. The maximum absolute atomic E-state index is 13.0. The molecule has 2 rings (SSSR count). The number of carbonyl (C=O) groups excluding carboxylic acids is 2. The van der Waals surface area contributed by atoms with Gasteiger partial charge in [0.25, 0.3) is 0 Å². The van der Waals surface area contributed by atoms with E-state index in [0.717, 1.165) is 23.9 Å². The molecule has 0 fully saturated rings. The van der Waals surface area contributed by atoms with E-state index in [1.807, 2.05) is 13.8 Å². The van der Waals surface area contributed by atoms with E-state index < -0.39 is 8.32 Å². The van der Waals surface area contributed by atoms with Gasteiger partial charge in [0.15, 0.2) is 11.5 Å². The summed E-state index contributed by atoms with van der Waals surface area (Å²) in [4.78, 5) is 25.9. The van der Waals surface area contributed by atoms with Crippen LogP contribution in [0.5, 0.6) is 0 Å². The van der Waals surface area contributed by atoms with E-state index in [0.29, 0.717) is 5.57 Å². The van der Waals surface area contributed by atoms with Crippen molar-refractivity contribution in [2.45, 2.75) is 59.7 Å². The molecule has 0 bridgehead atoms. The largest absolute Gasteiger partial charge is 0.547 e. The molecule has 0 unspecified atom stereocenters. The molecule has 0 aromatic carbocycles. The van der Waals surface area contributed by atoms with Crippen molar-refractivity contribution in [3.8, 4) is 0 Å². The smallest absolute Gasteiger partial charge is 0.250 e. The molecule has 2 aliphatic rings. The van der Waals surface area contributed by atoms with Crippen molar-refractivity contribution < 1.29 is 18.8 Å². The van der Waals surface area contributed by atoms with Gasteiger partial charge >= 0.3 is 0 Å². The van der Waals surface area contributed by atoms with Gasteiger partial charge in [-0.25, -0.2) is 0 Å². The van der Waals surface area contributed by atoms with Gasteiger partial charge in [-0.05, 0) is 37.0 Å². The Morgan fingerprint density at radius 3 is 2.04 bits per heavy atom. The molecule has 0 heterocycles. The second kappa shape index (κ2) is 7.48. The summed E-state index contributed by atoms with van der Waals surface area (Å²) in [5.74, 6) is 0.401. The lowest BCUT2D eigenvalue weighted by atomic mass is 9.63. The highest BCUT2D eigenvalue weighted by Gasteiger charge is 2.51. The number of Topliss-reactive ketones (excluding diaryl/α,β-unsaturated/α-hetero) is 2. The normalized spacial score (nSPS) is 30.1. The van der Waals surface area contributed by atoms with Crippen LogP contribution < -0.4 is 0 Å². The maximum atomic E-state index is 13.0. The number of allylic oxidation sites excluding steroid dienone is 4. The van der Waals surface area contributed by atoms with Crippen molar-refractivity contribution in [2.24, 2.45) is 23.7 Å². The molecule has 2 aliphatic carbocycles. The van der Waals surface area contributed by atoms with Crippen molar-refractivity contribution in [2.75, 3.05) is 7.11 Å². The van der Waals surface area contributed by atoms with Crippen LogP contribution >= 0.6 is 0 Å². The molecule has 0 aromatic rings. The molecule has 0 saturated carbocycles. The van der Waals surface area contributed by atoms with E-state index in [1.165, 1.54) is 7.11 Å². The summed E-state index contributed by atoms with van der Waals surface area (Å²) in [7, 11) is -0.343. The van der Waals surface area contributed by atoms with E-state index in [2.05, 4.69) is 26.8 Å². The van der Waals surface area contributed by atoms with Crippen LogP contribution in [0.3, 0.4) is 0 Å². The summed E-state index contributed by atoms with van der Waals surface area (Å²) in [6, 6.07) is 3.19. The highest BCUT2D eigenvalue weighted by molar-refractivity contribution is 6.73. The van der Waals surface area contributed by atoms with E-state index in [-0.39, 0.29) is 41.0 Å². The Kier molecular flexibility index (Phi) is 5.97. The summed E-state index contributed by atoms with van der Waals surface area (Å²) in [5, 5.41) is 0. The van der Waals surface area contributed by atoms with Crippen molar-refractivity contribution in [1.29, 1.82) is 0 Å². The van der Waals surface area contributed by atoms with Gasteiger partial charge in [0.2, 0.25) is 14.1 Å². The Morgan fingerprint density at radius 1 is 1.00 bits per heavy atom. The minimum absolute atomic E-state index is 0.0248. The third-order valence-corrected chi connectivity index (χ3v) is 10.9. The van der Waals surface area contributed by atoms with Crippen LogP contribution in [0.1, 0.15) is 41.5 Å². The zero-order chi connectivity index (χ0) is 18.9. The first kappa shape index (κ1) is 20.0. The number of hydrogen-bond donors (Lipinski definition) is 0. The zero-order valence-corrected chi connectivity index (χ0v) is 17.6. The summed E-state index contributed by atoms with van der Waals surface area (Å²) >= 11 is 0. The predicted octanol–water partition coefficient (Wildman–Crippen LogP) is 4.48. The molecule has 0 saturated heterocycles. The monoisotopic (exact) mass is 364 g/mol. The number of ketones is 2. The van der Waals surface area contributed by atoms with Gasteiger partial charge in [0.05, 0.1) is 12.9 Å². The number of carbonyl (C=O) groups is 2. The van der Waals surface area contributed by atoms with Crippen LogP contribution in [-0.4, -0.2) is 27.0 Å². The third-order valence-electron chi connectivity index (χ3n) is 6.38. The summed E-state index contributed by atoms with van der Waals surface area (Å²) in [6.07, 6.45) is 2.09. The van der Waals surface area contributed by atoms with Crippen LogP contribution in [0.4, 0.5) is 0 Å². The van der Waals surface area contributed by atoms with Gasteiger partial charge in [-0.3, -0.25) is 9.59 Å². The fourth-order valence-electron chi connectivity index (χ4n) is 4.42. The Balaban J connectivity index is 2.42. The number of ether oxygens (including phenoxy) is 1. The third kappa shape index (κ3) is 3.23. The quantitative estimate of drug-likeness (QED) is 0.652. The topological polar surface area (TPSA) is 52.6 Å². The first-order valence-corrected chi connectivity index (χ1v) is 12.0. The van der Waals surface area contributed by atoms with Crippen LogP contribution in [0.25, 0.3) is 0 Å². The Labute approximate surface area is 152 Å². The lowest BCUT2D eigenvalue weighted by Crippen LogP contribution is -2.48. The first-order valence-electron chi connectivity index (χ1n) is 9.50. The first-order chi connectivity index (χ1) is 11.8. The molecule has 25 heavy (non-hydrogen) atoms. The van der Waals surface area contributed by atoms with Crippen LogP contribution in [0, 0.1) is 23.7 Å². The second-order valence-corrected chi connectivity index (χ2v) is 12.2. The molecule has 0 spiro atoms. The van der Waals surface area contributed by atoms with Crippen molar-refractivity contribution in [3.05, 3.63) is 23.2 Å².